The Morgan fingerprint density at radius 2 is 2.00 bits per heavy atom. The van der Waals surface area contributed by atoms with Gasteiger partial charge in [-0.2, -0.15) is 0 Å². The molecule has 19 heavy (non-hydrogen) atoms. The summed E-state index contributed by atoms with van der Waals surface area (Å²) in [5.41, 5.74) is 1.38. The highest BCUT2D eigenvalue weighted by Gasteiger charge is 2.21. The SMILES string of the molecule is C[C@H](NCc1csc(C(C)(C)C)n1)C1CCCCC1. The van der Waals surface area contributed by atoms with E-state index in [1.165, 1.54) is 42.8 Å². The zero-order valence-electron chi connectivity index (χ0n) is 12.8. The van der Waals surface area contributed by atoms with Gasteiger partial charge in [0.1, 0.15) is 0 Å². The second kappa shape index (κ2) is 6.36. The summed E-state index contributed by atoms with van der Waals surface area (Å²) in [4.78, 5) is 4.75. The molecule has 1 fully saturated rings. The largest absolute Gasteiger partial charge is 0.308 e. The fourth-order valence-electron chi connectivity index (χ4n) is 2.80. The second-order valence-electron chi connectivity index (χ2n) is 6.96. The fraction of sp³-hybridized carbons (Fsp3) is 0.812. The number of aromatic nitrogens is 1. The number of hydrogen-bond donors (Lipinski definition) is 1. The minimum absolute atomic E-state index is 0.178. The summed E-state index contributed by atoms with van der Waals surface area (Å²) in [5.74, 6) is 0.870. The molecule has 0 bridgehead atoms. The van der Waals surface area contributed by atoms with E-state index in [-0.39, 0.29) is 5.41 Å². The van der Waals surface area contributed by atoms with Gasteiger partial charge in [0.2, 0.25) is 0 Å². The van der Waals surface area contributed by atoms with Crippen molar-refractivity contribution in [2.24, 2.45) is 5.92 Å². The van der Waals surface area contributed by atoms with Gasteiger partial charge in [0, 0.05) is 23.4 Å². The van der Waals surface area contributed by atoms with E-state index >= 15 is 0 Å². The number of nitrogens with one attached hydrogen (secondary N) is 1. The Morgan fingerprint density at radius 1 is 1.32 bits per heavy atom. The maximum Gasteiger partial charge on any atom is 0.0982 e. The number of nitrogens with zero attached hydrogens (tertiary/aromatic N) is 1. The van der Waals surface area contributed by atoms with Crippen LogP contribution in [0.5, 0.6) is 0 Å². The Labute approximate surface area is 122 Å². The monoisotopic (exact) mass is 280 g/mol. The Kier molecular flexibility index (Phi) is 5.02. The fourth-order valence-corrected chi connectivity index (χ4v) is 3.71. The highest BCUT2D eigenvalue weighted by Crippen LogP contribution is 2.27. The van der Waals surface area contributed by atoms with Gasteiger partial charge in [-0.3, -0.25) is 0 Å². The molecule has 0 radical (unpaired) electrons. The maximum absolute atomic E-state index is 4.75. The zero-order chi connectivity index (χ0) is 13.9. The van der Waals surface area contributed by atoms with Crippen molar-refractivity contribution in [1.29, 1.82) is 0 Å². The normalized spacial score (nSPS) is 19.6. The molecule has 2 nitrogen and oxygen atoms in total. The van der Waals surface area contributed by atoms with Crippen LogP contribution in [0.15, 0.2) is 5.38 Å². The van der Waals surface area contributed by atoms with Crippen LogP contribution in [0, 0.1) is 5.92 Å². The summed E-state index contributed by atoms with van der Waals surface area (Å²) in [6.45, 7) is 9.95. The minimum atomic E-state index is 0.178. The average molecular weight is 280 g/mol. The Morgan fingerprint density at radius 3 is 2.58 bits per heavy atom. The van der Waals surface area contributed by atoms with Gasteiger partial charge in [0.15, 0.2) is 0 Å². The molecule has 1 atom stereocenters. The molecule has 1 aliphatic carbocycles. The van der Waals surface area contributed by atoms with Crippen molar-refractivity contribution in [2.45, 2.75) is 77.8 Å². The van der Waals surface area contributed by atoms with Crippen LogP contribution in [0.25, 0.3) is 0 Å². The first-order chi connectivity index (χ1) is 8.97. The van der Waals surface area contributed by atoms with Crippen LogP contribution in [0.1, 0.15) is 70.5 Å². The van der Waals surface area contributed by atoms with E-state index in [0.717, 1.165) is 12.5 Å². The molecule has 0 aromatic carbocycles. The van der Waals surface area contributed by atoms with E-state index in [0.29, 0.717) is 6.04 Å². The van der Waals surface area contributed by atoms with Crippen LogP contribution in [0.4, 0.5) is 0 Å². The van der Waals surface area contributed by atoms with Gasteiger partial charge in [0.05, 0.1) is 10.7 Å². The molecular weight excluding hydrogens is 252 g/mol. The van der Waals surface area contributed by atoms with Gasteiger partial charge >= 0.3 is 0 Å². The summed E-state index contributed by atoms with van der Waals surface area (Å²) in [5, 5.41) is 7.13. The minimum Gasteiger partial charge on any atom is -0.308 e. The van der Waals surface area contributed by atoms with Crippen molar-refractivity contribution >= 4 is 11.3 Å². The molecule has 0 amide bonds. The molecule has 1 saturated carbocycles. The van der Waals surface area contributed by atoms with Crippen LogP contribution in [0.3, 0.4) is 0 Å². The molecule has 0 saturated heterocycles. The van der Waals surface area contributed by atoms with E-state index in [9.17, 15) is 0 Å². The summed E-state index contributed by atoms with van der Waals surface area (Å²) in [6, 6.07) is 0.625. The lowest BCUT2D eigenvalue weighted by atomic mass is 9.84. The average Bonchev–Trinajstić information content (AvgIpc) is 2.86. The summed E-state index contributed by atoms with van der Waals surface area (Å²) < 4.78 is 0. The summed E-state index contributed by atoms with van der Waals surface area (Å²) in [6.07, 6.45) is 7.07. The van der Waals surface area contributed by atoms with Gasteiger partial charge in [-0.15, -0.1) is 11.3 Å². The molecule has 1 heterocycles. The first kappa shape index (κ1) is 15.0. The van der Waals surface area contributed by atoms with Crippen LogP contribution >= 0.6 is 11.3 Å². The second-order valence-corrected chi connectivity index (χ2v) is 7.82. The van der Waals surface area contributed by atoms with E-state index in [1.807, 2.05) is 0 Å². The van der Waals surface area contributed by atoms with Gasteiger partial charge < -0.3 is 5.32 Å². The van der Waals surface area contributed by atoms with Crippen molar-refractivity contribution in [1.82, 2.24) is 10.3 Å². The van der Waals surface area contributed by atoms with Crippen molar-refractivity contribution in [2.75, 3.05) is 0 Å². The number of thiazole rings is 1. The molecule has 1 aliphatic rings. The molecule has 2 rings (SSSR count). The molecule has 0 spiro atoms. The zero-order valence-corrected chi connectivity index (χ0v) is 13.6. The first-order valence-electron chi connectivity index (χ1n) is 7.65. The van der Waals surface area contributed by atoms with E-state index < -0.39 is 0 Å². The number of hydrogen-bond acceptors (Lipinski definition) is 3. The van der Waals surface area contributed by atoms with E-state index in [1.54, 1.807) is 11.3 Å². The topological polar surface area (TPSA) is 24.9 Å². The lowest BCUT2D eigenvalue weighted by Gasteiger charge is -2.28. The lowest BCUT2D eigenvalue weighted by molar-refractivity contribution is 0.280. The van der Waals surface area contributed by atoms with Gasteiger partial charge in [-0.1, -0.05) is 40.0 Å². The highest BCUT2D eigenvalue weighted by molar-refractivity contribution is 7.09. The van der Waals surface area contributed by atoms with E-state index in [2.05, 4.69) is 38.4 Å². The van der Waals surface area contributed by atoms with Gasteiger partial charge in [-0.05, 0) is 25.7 Å². The quantitative estimate of drug-likeness (QED) is 0.878. The van der Waals surface area contributed by atoms with Gasteiger partial charge in [0.25, 0.3) is 0 Å². The van der Waals surface area contributed by atoms with Crippen molar-refractivity contribution < 1.29 is 0 Å². The first-order valence-corrected chi connectivity index (χ1v) is 8.53. The predicted octanol–water partition coefficient (Wildman–Crippen LogP) is 4.50. The van der Waals surface area contributed by atoms with Crippen LogP contribution in [0.2, 0.25) is 0 Å². The van der Waals surface area contributed by atoms with Crippen molar-refractivity contribution in [3.8, 4) is 0 Å². The molecule has 3 heteroatoms. The van der Waals surface area contributed by atoms with Crippen molar-refractivity contribution in [3.05, 3.63) is 16.1 Å². The summed E-state index contributed by atoms with van der Waals surface area (Å²) in [7, 11) is 0. The number of rotatable bonds is 4. The van der Waals surface area contributed by atoms with Crippen LogP contribution in [-0.4, -0.2) is 11.0 Å². The van der Waals surface area contributed by atoms with Crippen LogP contribution < -0.4 is 5.32 Å². The van der Waals surface area contributed by atoms with Gasteiger partial charge in [-0.25, -0.2) is 4.98 Å². The third-order valence-corrected chi connectivity index (χ3v) is 5.47. The van der Waals surface area contributed by atoms with E-state index in [4.69, 9.17) is 4.98 Å². The molecule has 0 unspecified atom stereocenters. The molecule has 108 valence electrons. The smallest absolute Gasteiger partial charge is 0.0982 e. The maximum atomic E-state index is 4.75. The molecule has 1 N–H and O–H groups in total. The Balaban J connectivity index is 1.83. The third-order valence-electron chi connectivity index (χ3n) is 4.16. The summed E-state index contributed by atoms with van der Waals surface area (Å²) >= 11 is 1.79. The molecule has 1 aromatic rings. The Bertz CT molecular complexity index is 386. The molecular formula is C16H28N2S. The standard InChI is InChI=1S/C16H28N2S/c1-12(13-8-6-5-7-9-13)17-10-14-11-19-15(18-14)16(2,3)4/h11-13,17H,5-10H2,1-4H3/t12-/m0/s1. The van der Waals surface area contributed by atoms with Crippen molar-refractivity contribution in [3.63, 3.8) is 0 Å². The third kappa shape index (κ3) is 4.28. The molecule has 1 aromatic heterocycles. The highest BCUT2D eigenvalue weighted by atomic mass is 32.1. The predicted molar refractivity (Wildman–Crippen MR) is 83.7 cm³/mol. The Hall–Kier alpha value is -0.410. The van der Waals surface area contributed by atoms with Crippen LogP contribution in [-0.2, 0) is 12.0 Å². The lowest BCUT2D eigenvalue weighted by Crippen LogP contribution is -2.34. The molecule has 0 aliphatic heterocycles.